The van der Waals surface area contributed by atoms with Gasteiger partial charge in [-0.2, -0.15) is 8.42 Å². The van der Waals surface area contributed by atoms with Gasteiger partial charge in [-0.05, 0) is 41.0 Å². The molecule has 9 heteroatoms. The molecule has 1 aliphatic heterocycles. The third-order valence-corrected chi connectivity index (χ3v) is 4.30. The highest BCUT2D eigenvalue weighted by Gasteiger charge is 2.48. The molecule has 0 unspecified atom stereocenters. The summed E-state index contributed by atoms with van der Waals surface area (Å²) in [6.45, 7) is 0.383. The molecular weight excluding hydrogens is 378 g/mol. The monoisotopic (exact) mass is 391 g/mol. The Morgan fingerprint density at radius 1 is 1.32 bits per heavy atom. The molecule has 1 N–H and O–H groups in total. The van der Waals surface area contributed by atoms with Crippen molar-refractivity contribution in [3.05, 3.63) is 34.3 Å². The molecule has 0 aliphatic carbocycles. The molecule has 1 aliphatic rings. The highest BCUT2D eigenvalue weighted by atomic mass is 79.9. The van der Waals surface area contributed by atoms with Crippen LogP contribution < -0.4 is 5.32 Å². The molecule has 0 saturated carbocycles. The first kappa shape index (κ1) is 17.1. The zero-order valence-corrected chi connectivity index (χ0v) is 14.1. The number of carbonyl (C=O) groups is 2. The van der Waals surface area contributed by atoms with Crippen molar-refractivity contribution in [3.63, 3.8) is 0 Å². The first-order chi connectivity index (χ1) is 10.2. The van der Waals surface area contributed by atoms with E-state index in [0.717, 1.165) is 6.26 Å². The second-order valence-electron chi connectivity index (χ2n) is 4.80. The predicted molar refractivity (Wildman–Crippen MR) is 80.5 cm³/mol. The summed E-state index contributed by atoms with van der Waals surface area (Å²) >= 11 is 3.18. The van der Waals surface area contributed by atoms with Crippen LogP contribution >= 0.6 is 15.9 Å². The molecule has 1 aromatic rings. The Kier molecular flexibility index (Phi) is 5.00. The van der Waals surface area contributed by atoms with E-state index in [1.165, 1.54) is 6.07 Å². The highest BCUT2D eigenvalue weighted by Crippen LogP contribution is 2.26. The zero-order chi connectivity index (χ0) is 16.4. The minimum atomic E-state index is -3.90. The van der Waals surface area contributed by atoms with Gasteiger partial charge in [0.05, 0.1) is 11.8 Å². The van der Waals surface area contributed by atoms with Gasteiger partial charge in [0.2, 0.25) is 5.72 Å². The maximum absolute atomic E-state index is 12.2. The number of carbonyl (C=O) groups excluding carboxylic acids is 2. The SMILES string of the molecule is CS(=O)(=O)O[C@@]1(C(=O)OC(=O)c2ccccc2Br)CCCN1. The molecule has 1 aromatic carbocycles. The lowest BCUT2D eigenvalue weighted by atomic mass is 10.1. The van der Waals surface area contributed by atoms with Gasteiger partial charge in [-0.3, -0.25) is 5.32 Å². The highest BCUT2D eigenvalue weighted by molar-refractivity contribution is 9.10. The van der Waals surface area contributed by atoms with Crippen molar-refractivity contribution in [2.45, 2.75) is 18.6 Å². The Hall–Kier alpha value is -1.29. The molecule has 1 atom stereocenters. The number of ether oxygens (including phenoxy) is 1. The van der Waals surface area contributed by atoms with E-state index in [2.05, 4.69) is 21.2 Å². The Labute approximate surface area is 136 Å². The van der Waals surface area contributed by atoms with Crippen LogP contribution in [0.2, 0.25) is 0 Å². The van der Waals surface area contributed by atoms with Crippen LogP contribution in [0, 0.1) is 0 Å². The molecule has 1 saturated heterocycles. The summed E-state index contributed by atoms with van der Waals surface area (Å²) < 4.78 is 32.8. The average molecular weight is 392 g/mol. The quantitative estimate of drug-likeness (QED) is 0.467. The fraction of sp³-hybridized carbons (Fsp3) is 0.385. The molecule has 1 fully saturated rings. The van der Waals surface area contributed by atoms with Crippen LogP contribution in [0.1, 0.15) is 23.2 Å². The number of hydrogen-bond donors (Lipinski definition) is 1. The molecule has 0 radical (unpaired) electrons. The van der Waals surface area contributed by atoms with Crippen molar-refractivity contribution in [2.75, 3.05) is 12.8 Å². The summed E-state index contributed by atoms with van der Waals surface area (Å²) in [5, 5.41) is 2.66. The number of benzene rings is 1. The average Bonchev–Trinajstić information content (AvgIpc) is 2.86. The largest absolute Gasteiger partial charge is 0.386 e. The summed E-state index contributed by atoms with van der Waals surface area (Å²) in [5.74, 6) is -1.96. The van der Waals surface area contributed by atoms with Crippen LogP contribution in [0.5, 0.6) is 0 Å². The van der Waals surface area contributed by atoms with Gasteiger partial charge in [-0.1, -0.05) is 12.1 Å². The molecule has 0 bridgehead atoms. The van der Waals surface area contributed by atoms with E-state index in [4.69, 9.17) is 8.92 Å². The van der Waals surface area contributed by atoms with Gasteiger partial charge in [0.25, 0.3) is 10.1 Å². The summed E-state index contributed by atoms with van der Waals surface area (Å²) in [7, 11) is -3.90. The molecule has 7 nitrogen and oxygen atoms in total. The second-order valence-corrected chi connectivity index (χ2v) is 7.23. The first-order valence-corrected chi connectivity index (χ1v) is 9.01. The van der Waals surface area contributed by atoms with Crippen molar-refractivity contribution < 1.29 is 26.9 Å². The van der Waals surface area contributed by atoms with Crippen molar-refractivity contribution in [1.29, 1.82) is 0 Å². The van der Waals surface area contributed by atoms with Crippen LogP contribution in [-0.4, -0.2) is 38.9 Å². The molecule has 2 rings (SSSR count). The van der Waals surface area contributed by atoms with Crippen LogP contribution in [0.25, 0.3) is 0 Å². The van der Waals surface area contributed by atoms with E-state index in [1.54, 1.807) is 18.2 Å². The predicted octanol–water partition coefficient (Wildman–Crippen LogP) is 1.19. The molecule has 0 spiro atoms. The van der Waals surface area contributed by atoms with E-state index >= 15 is 0 Å². The van der Waals surface area contributed by atoms with E-state index in [9.17, 15) is 18.0 Å². The van der Waals surface area contributed by atoms with Gasteiger partial charge in [0.1, 0.15) is 0 Å². The van der Waals surface area contributed by atoms with Gasteiger partial charge in [-0.25, -0.2) is 13.8 Å². The Bertz CT molecular complexity index is 696. The maximum Gasteiger partial charge on any atom is 0.363 e. The van der Waals surface area contributed by atoms with Crippen molar-refractivity contribution in [3.8, 4) is 0 Å². The fourth-order valence-electron chi connectivity index (χ4n) is 2.10. The number of hydrogen-bond acceptors (Lipinski definition) is 7. The number of rotatable bonds is 4. The molecule has 1 heterocycles. The van der Waals surface area contributed by atoms with Gasteiger partial charge in [0, 0.05) is 10.9 Å². The fourth-order valence-corrected chi connectivity index (χ4v) is 3.28. The number of esters is 2. The van der Waals surface area contributed by atoms with Gasteiger partial charge >= 0.3 is 11.9 Å². The molecule has 22 heavy (non-hydrogen) atoms. The van der Waals surface area contributed by atoms with Crippen LogP contribution in [-0.2, 0) is 23.8 Å². The minimum absolute atomic E-state index is 0.0993. The van der Waals surface area contributed by atoms with Crippen molar-refractivity contribution in [2.24, 2.45) is 0 Å². The Morgan fingerprint density at radius 3 is 2.55 bits per heavy atom. The number of halogens is 1. The second kappa shape index (κ2) is 6.45. The van der Waals surface area contributed by atoms with E-state index in [1.807, 2.05) is 0 Å². The third kappa shape index (κ3) is 3.92. The van der Waals surface area contributed by atoms with Crippen LogP contribution in [0.15, 0.2) is 28.7 Å². The Morgan fingerprint density at radius 2 is 2.00 bits per heavy atom. The molecule has 0 aromatic heterocycles. The smallest absolute Gasteiger partial charge is 0.363 e. The van der Waals surface area contributed by atoms with E-state index < -0.39 is 27.8 Å². The lowest BCUT2D eigenvalue weighted by Gasteiger charge is -2.25. The van der Waals surface area contributed by atoms with Crippen LogP contribution in [0.4, 0.5) is 0 Å². The van der Waals surface area contributed by atoms with Gasteiger partial charge in [0.15, 0.2) is 0 Å². The molecule has 120 valence electrons. The standard InChI is InChI=1S/C13H14BrNO6S/c1-22(18,19)21-13(7-4-8-15-13)12(17)20-11(16)9-5-2-3-6-10(9)14/h2-3,5-6,15H,4,7-8H2,1H3/t13-/m1/s1. The van der Waals surface area contributed by atoms with Gasteiger partial charge in [-0.15, -0.1) is 0 Å². The summed E-state index contributed by atoms with van der Waals surface area (Å²) in [6, 6.07) is 6.42. The lowest BCUT2D eigenvalue weighted by Crippen LogP contribution is -2.52. The maximum atomic E-state index is 12.2. The number of nitrogens with one attached hydrogen (secondary N) is 1. The zero-order valence-electron chi connectivity index (χ0n) is 11.7. The lowest BCUT2D eigenvalue weighted by molar-refractivity contribution is -0.157. The first-order valence-electron chi connectivity index (χ1n) is 6.40. The summed E-state index contributed by atoms with van der Waals surface area (Å²) in [4.78, 5) is 24.3. The summed E-state index contributed by atoms with van der Waals surface area (Å²) in [6.07, 6.45) is 1.45. The minimum Gasteiger partial charge on any atom is -0.386 e. The van der Waals surface area contributed by atoms with Crippen molar-refractivity contribution >= 4 is 38.0 Å². The van der Waals surface area contributed by atoms with E-state index in [0.29, 0.717) is 17.4 Å². The Balaban J connectivity index is 2.19. The van der Waals surface area contributed by atoms with Gasteiger partial charge < -0.3 is 4.74 Å². The molecular formula is C13H14BrNO6S. The third-order valence-electron chi connectivity index (χ3n) is 3.02. The topological polar surface area (TPSA) is 98.8 Å². The normalized spacial score (nSPS) is 21.5. The van der Waals surface area contributed by atoms with E-state index in [-0.39, 0.29) is 12.0 Å². The summed E-state index contributed by atoms with van der Waals surface area (Å²) in [5.41, 5.74) is -1.69. The van der Waals surface area contributed by atoms with Crippen molar-refractivity contribution in [1.82, 2.24) is 5.32 Å². The molecule has 0 amide bonds. The van der Waals surface area contributed by atoms with Crippen LogP contribution in [0.3, 0.4) is 0 Å².